The lowest BCUT2D eigenvalue weighted by molar-refractivity contribution is -0.140. The Bertz CT molecular complexity index is 1720. The third kappa shape index (κ3) is 9.01. The van der Waals surface area contributed by atoms with E-state index in [0.29, 0.717) is 0 Å². The number of halogens is 1. The molecule has 2 amide bonds. The fourth-order valence-electron chi connectivity index (χ4n) is 4.99. The molecular weight excluding hydrogens is 589 g/mol. The van der Waals surface area contributed by atoms with Gasteiger partial charge in [0, 0.05) is 18.5 Å². The molecule has 0 aliphatic rings. The zero-order chi connectivity index (χ0) is 32.8. The number of nitrogens with one attached hydrogen (secondary N) is 1. The van der Waals surface area contributed by atoms with E-state index in [0.717, 1.165) is 38.7 Å². The van der Waals surface area contributed by atoms with Crippen LogP contribution in [0.25, 0.3) is 0 Å². The summed E-state index contributed by atoms with van der Waals surface area (Å²) >= 11 is 0. The molecule has 0 heterocycles. The van der Waals surface area contributed by atoms with Crippen molar-refractivity contribution in [1.82, 2.24) is 10.2 Å². The Hall–Kier alpha value is -4.50. The van der Waals surface area contributed by atoms with Crippen LogP contribution in [0.2, 0.25) is 0 Å². The van der Waals surface area contributed by atoms with Gasteiger partial charge >= 0.3 is 0 Å². The largest absolute Gasteiger partial charge is 0.350 e. The SMILES string of the molecule is Cc1ccc(S(=O)(=O)N(CC(=O)N(Cc2cccc(C)c2)C(Cc2ccccc2)C(=O)NC(C)(C)C)c2ccc(F)cc2)cc1. The summed E-state index contributed by atoms with van der Waals surface area (Å²) < 4.78 is 43.0. The minimum absolute atomic E-state index is 0.0122. The molecule has 0 fully saturated rings. The van der Waals surface area contributed by atoms with Crippen LogP contribution in [0.15, 0.2) is 108 Å². The molecule has 0 aliphatic carbocycles. The zero-order valence-corrected chi connectivity index (χ0v) is 27.1. The van der Waals surface area contributed by atoms with Gasteiger partial charge in [-0.1, -0.05) is 77.9 Å². The van der Waals surface area contributed by atoms with E-state index in [-0.39, 0.29) is 29.5 Å². The lowest BCUT2D eigenvalue weighted by Gasteiger charge is -2.35. The van der Waals surface area contributed by atoms with E-state index in [2.05, 4.69) is 5.32 Å². The van der Waals surface area contributed by atoms with Crippen molar-refractivity contribution in [3.8, 4) is 0 Å². The lowest BCUT2D eigenvalue weighted by atomic mass is 10.0. The second-order valence-corrected chi connectivity index (χ2v) is 14.1. The van der Waals surface area contributed by atoms with Crippen LogP contribution in [0.1, 0.15) is 43.0 Å². The Labute approximate surface area is 265 Å². The molecule has 0 radical (unpaired) electrons. The van der Waals surface area contributed by atoms with Gasteiger partial charge in [-0.2, -0.15) is 0 Å². The molecule has 7 nitrogen and oxygen atoms in total. The number of sulfonamides is 1. The van der Waals surface area contributed by atoms with E-state index in [1.807, 2.05) is 89.2 Å². The Balaban J connectivity index is 1.81. The molecule has 0 saturated carbocycles. The summed E-state index contributed by atoms with van der Waals surface area (Å²) in [6.07, 6.45) is 0.210. The van der Waals surface area contributed by atoms with Gasteiger partial charge in [-0.05, 0) is 82.1 Å². The predicted molar refractivity (Wildman–Crippen MR) is 176 cm³/mol. The number of benzene rings is 4. The zero-order valence-electron chi connectivity index (χ0n) is 26.3. The summed E-state index contributed by atoms with van der Waals surface area (Å²) in [5.74, 6) is -1.48. The molecule has 1 atom stereocenters. The third-order valence-corrected chi connectivity index (χ3v) is 9.00. The molecule has 0 spiro atoms. The van der Waals surface area contributed by atoms with Gasteiger partial charge in [0.1, 0.15) is 18.4 Å². The van der Waals surface area contributed by atoms with Gasteiger partial charge in [0.05, 0.1) is 10.6 Å². The molecule has 4 rings (SSSR count). The van der Waals surface area contributed by atoms with Crippen LogP contribution in [0.5, 0.6) is 0 Å². The molecule has 1 unspecified atom stereocenters. The van der Waals surface area contributed by atoms with Crippen LogP contribution in [0.3, 0.4) is 0 Å². The number of aryl methyl sites for hydroxylation is 2. The van der Waals surface area contributed by atoms with Gasteiger partial charge in [0.15, 0.2) is 0 Å². The van der Waals surface area contributed by atoms with Crippen LogP contribution < -0.4 is 9.62 Å². The van der Waals surface area contributed by atoms with Crippen molar-refractivity contribution in [2.75, 3.05) is 10.8 Å². The number of hydrogen-bond acceptors (Lipinski definition) is 4. The fraction of sp³-hybridized carbons (Fsp3) is 0.278. The summed E-state index contributed by atoms with van der Waals surface area (Å²) in [6.45, 7) is 8.83. The van der Waals surface area contributed by atoms with Crippen molar-refractivity contribution >= 4 is 27.5 Å². The fourth-order valence-corrected chi connectivity index (χ4v) is 6.40. The highest BCUT2D eigenvalue weighted by Crippen LogP contribution is 2.26. The van der Waals surface area contributed by atoms with Gasteiger partial charge in [-0.25, -0.2) is 12.8 Å². The second kappa shape index (κ2) is 14.1. The number of hydrogen-bond donors (Lipinski definition) is 1. The average molecular weight is 630 g/mol. The summed E-state index contributed by atoms with van der Waals surface area (Å²) in [5, 5.41) is 3.02. The Morgan fingerprint density at radius 2 is 1.42 bits per heavy atom. The number of carbonyl (C=O) groups is 2. The maximum Gasteiger partial charge on any atom is 0.264 e. The number of carbonyl (C=O) groups excluding carboxylic acids is 2. The summed E-state index contributed by atoms with van der Waals surface area (Å²) in [5.41, 5.74) is 3.03. The molecule has 4 aromatic carbocycles. The van der Waals surface area contributed by atoms with E-state index in [9.17, 15) is 22.4 Å². The molecule has 236 valence electrons. The first-order valence-corrected chi connectivity index (χ1v) is 16.2. The molecule has 9 heteroatoms. The van der Waals surface area contributed by atoms with Crippen molar-refractivity contribution in [3.05, 3.63) is 131 Å². The van der Waals surface area contributed by atoms with Crippen LogP contribution in [-0.4, -0.2) is 43.3 Å². The third-order valence-electron chi connectivity index (χ3n) is 7.21. The summed E-state index contributed by atoms with van der Waals surface area (Å²) in [6, 6.07) is 27.3. The predicted octanol–water partition coefficient (Wildman–Crippen LogP) is 6.19. The number of nitrogens with zero attached hydrogens (tertiary/aromatic N) is 2. The molecule has 4 aromatic rings. The second-order valence-electron chi connectivity index (χ2n) is 12.3. The Morgan fingerprint density at radius 1 is 0.800 bits per heavy atom. The molecule has 0 aliphatic heterocycles. The lowest BCUT2D eigenvalue weighted by Crippen LogP contribution is -2.56. The van der Waals surface area contributed by atoms with Crippen LogP contribution in [0.4, 0.5) is 10.1 Å². The monoisotopic (exact) mass is 629 g/mol. The Morgan fingerprint density at radius 3 is 2.02 bits per heavy atom. The average Bonchev–Trinajstić information content (AvgIpc) is 2.98. The highest BCUT2D eigenvalue weighted by Gasteiger charge is 2.35. The van der Waals surface area contributed by atoms with Crippen molar-refractivity contribution < 1.29 is 22.4 Å². The van der Waals surface area contributed by atoms with Crippen molar-refractivity contribution in [2.24, 2.45) is 0 Å². The van der Waals surface area contributed by atoms with E-state index in [1.54, 1.807) is 12.1 Å². The Kier molecular flexibility index (Phi) is 10.4. The molecule has 0 aromatic heterocycles. The van der Waals surface area contributed by atoms with Gasteiger partial charge < -0.3 is 10.2 Å². The first-order chi connectivity index (χ1) is 21.2. The van der Waals surface area contributed by atoms with Crippen LogP contribution in [0, 0.1) is 19.7 Å². The highest BCUT2D eigenvalue weighted by atomic mass is 32.2. The highest BCUT2D eigenvalue weighted by molar-refractivity contribution is 7.92. The van der Waals surface area contributed by atoms with Gasteiger partial charge in [0.25, 0.3) is 10.0 Å². The topological polar surface area (TPSA) is 86.8 Å². The summed E-state index contributed by atoms with van der Waals surface area (Å²) in [7, 11) is -4.26. The maximum absolute atomic E-state index is 14.5. The maximum atomic E-state index is 14.5. The van der Waals surface area contributed by atoms with Crippen molar-refractivity contribution in [3.63, 3.8) is 0 Å². The van der Waals surface area contributed by atoms with Gasteiger partial charge in [0.2, 0.25) is 11.8 Å². The molecule has 45 heavy (non-hydrogen) atoms. The molecular formula is C36H40FN3O4S. The first kappa shape index (κ1) is 33.4. The van der Waals surface area contributed by atoms with Crippen LogP contribution >= 0.6 is 0 Å². The number of rotatable bonds is 11. The van der Waals surface area contributed by atoms with Crippen molar-refractivity contribution in [2.45, 2.75) is 64.1 Å². The van der Waals surface area contributed by atoms with E-state index in [1.165, 1.54) is 29.2 Å². The minimum atomic E-state index is -4.26. The molecule has 0 saturated heterocycles. The first-order valence-electron chi connectivity index (χ1n) is 14.8. The number of anilines is 1. The van der Waals surface area contributed by atoms with E-state index in [4.69, 9.17) is 0 Å². The molecule has 1 N–H and O–H groups in total. The molecule has 0 bridgehead atoms. The smallest absolute Gasteiger partial charge is 0.264 e. The number of amides is 2. The summed E-state index contributed by atoms with van der Waals surface area (Å²) in [4.78, 5) is 29.9. The normalized spacial score (nSPS) is 12.3. The van der Waals surface area contributed by atoms with Gasteiger partial charge in [-0.3, -0.25) is 13.9 Å². The van der Waals surface area contributed by atoms with Crippen LogP contribution in [-0.2, 0) is 32.6 Å². The standard InChI is InChI=1S/C36H40FN3O4S/c1-26-14-20-32(21-15-26)45(43,44)40(31-18-16-30(37)17-19-31)25-34(41)39(24-29-13-9-10-27(2)22-29)33(35(42)38-36(3,4)5)23-28-11-7-6-8-12-28/h6-22,33H,23-25H2,1-5H3,(H,38,42). The van der Waals surface area contributed by atoms with E-state index >= 15 is 0 Å². The van der Waals surface area contributed by atoms with Gasteiger partial charge in [-0.15, -0.1) is 0 Å². The van der Waals surface area contributed by atoms with E-state index < -0.39 is 39.9 Å². The van der Waals surface area contributed by atoms with Crippen molar-refractivity contribution in [1.29, 1.82) is 0 Å². The minimum Gasteiger partial charge on any atom is -0.350 e. The quantitative estimate of drug-likeness (QED) is 0.214.